The minimum Gasteiger partial charge on any atom is -0.342 e. The normalized spacial score (nSPS) is 27.6. The summed E-state index contributed by atoms with van der Waals surface area (Å²) >= 11 is 0. The third-order valence-electron chi connectivity index (χ3n) is 4.88. The van der Waals surface area contributed by atoms with Crippen LogP contribution in [0.15, 0.2) is 0 Å². The molecule has 2 aliphatic rings. The molecule has 1 saturated carbocycles. The van der Waals surface area contributed by atoms with Crippen molar-refractivity contribution in [2.75, 3.05) is 19.6 Å². The first-order chi connectivity index (χ1) is 8.63. The molecule has 1 heterocycles. The molecular weight excluding hydrogens is 260 g/mol. The number of likely N-dealkylation sites (tertiary alicyclic amines) is 1. The Hall–Kier alpha value is -0.280. The van der Waals surface area contributed by atoms with Gasteiger partial charge < -0.3 is 10.6 Å². The van der Waals surface area contributed by atoms with Gasteiger partial charge in [-0.25, -0.2) is 0 Å². The molecule has 2 rings (SSSR count). The van der Waals surface area contributed by atoms with Crippen LogP contribution in [0.25, 0.3) is 0 Å². The van der Waals surface area contributed by atoms with Crippen LogP contribution < -0.4 is 5.73 Å². The lowest BCUT2D eigenvalue weighted by atomic mass is 9.90. The molecule has 3 nitrogen and oxygen atoms in total. The fourth-order valence-corrected chi connectivity index (χ4v) is 3.40. The molecule has 1 aliphatic heterocycles. The van der Waals surface area contributed by atoms with E-state index in [1.807, 2.05) is 4.90 Å². The van der Waals surface area contributed by atoms with E-state index in [0.29, 0.717) is 12.5 Å². The summed E-state index contributed by atoms with van der Waals surface area (Å²) in [4.78, 5) is 14.1. The lowest BCUT2D eigenvalue weighted by Crippen LogP contribution is -2.34. The first-order valence-corrected chi connectivity index (χ1v) is 7.61. The number of hydrogen-bond donors (Lipinski definition) is 1. The minimum absolute atomic E-state index is 0. The molecule has 4 heteroatoms. The van der Waals surface area contributed by atoms with Gasteiger partial charge in [0.15, 0.2) is 0 Å². The second kappa shape index (κ2) is 7.49. The predicted octanol–water partition coefficient (Wildman–Crippen LogP) is 2.97. The molecule has 1 amide bonds. The van der Waals surface area contributed by atoms with Gasteiger partial charge in [-0.05, 0) is 37.1 Å². The quantitative estimate of drug-likeness (QED) is 0.845. The summed E-state index contributed by atoms with van der Waals surface area (Å²) in [5.41, 5.74) is 5.94. The topological polar surface area (TPSA) is 46.3 Å². The molecule has 19 heavy (non-hydrogen) atoms. The van der Waals surface area contributed by atoms with E-state index in [9.17, 15) is 4.79 Å². The van der Waals surface area contributed by atoms with Crippen LogP contribution in [0.5, 0.6) is 0 Å². The van der Waals surface area contributed by atoms with E-state index in [-0.39, 0.29) is 17.8 Å². The summed E-state index contributed by atoms with van der Waals surface area (Å²) in [5.74, 6) is 1.26. The van der Waals surface area contributed by atoms with Gasteiger partial charge in [0.25, 0.3) is 0 Å². The maximum atomic E-state index is 12.1. The van der Waals surface area contributed by atoms with Gasteiger partial charge in [-0.2, -0.15) is 0 Å². The van der Waals surface area contributed by atoms with Crippen LogP contribution in [0.1, 0.15) is 58.3 Å². The second-order valence-electron chi connectivity index (χ2n) is 6.62. The van der Waals surface area contributed by atoms with E-state index in [1.54, 1.807) is 0 Å². The number of nitrogens with two attached hydrogens (primary N) is 1. The number of hydrogen-bond acceptors (Lipinski definition) is 2. The molecule has 1 atom stereocenters. The van der Waals surface area contributed by atoms with Crippen molar-refractivity contribution in [3.05, 3.63) is 0 Å². The molecule has 1 saturated heterocycles. The van der Waals surface area contributed by atoms with Crippen LogP contribution in [-0.2, 0) is 4.79 Å². The second-order valence-corrected chi connectivity index (χ2v) is 6.62. The van der Waals surface area contributed by atoms with Gasteiger partial charge in [-0.3, -0.25) is 4.79 Å². The van der Waals surface area contributed by atoms with Crippen molar-refractivity contribution in [2.24, 2.45) is 17.1 Å². The molecule has 0 aromatic carbocycles. The Labute approximate surface area is 123 Å². The number of carbonyl (C=O) groups excluding carboxylic acids is 1. The summed E-state index contributed by atoms with van der Waals surface area (Å²) in [7, 11) is 0. The number of halogens is 1. The first-order valence-electron chi connectivity index (χ1n) is 7.61. The van der Waals surface area contributed by atoms with Crippen LogP contribution in [0.4, 0.5) is 0 Å². The summed E-state index contributed by atoms with van der Waals surface area (Å²) in [5, 5.41) is 0. The standard InChI is InChI=1S/C15H28N2O.ClH/c1-15(11-16)9-10-17(12-15)14(18)8-4-7-13-5-2-3-6-13;/h13H,2-12,16H2,1H3;1H. The Kier molecular flexibility index (Phi) is 6.61. The molecular formula is C15H29ClN2O. The number of amides is 1. The SMILES string of the molecule is CC1(CN)CCN(C(=O)CCCC2CCCC2)C1.Cl. The molecule has 2 N–H and O–H groups in total. The Balaban J connectivity index is 0.00000180. The molecule has 2 fully saturated rings. The van der Waals surface area contributed by atoms with E-state index in [1.165, 1.54) is 32.1 Å². The third-order valence-corrected chi connectivity index (χ3v) is 4.88. The van der Waals surface area contributed by atoms with Crippen molar-refractivity contribution in [3.63, 3.8) is 0 Å². The first kappa shape index (κ1) is 16.8. The summed E-state index contributed by atoms with van der Waals surface area (Å²) in [6.45, 7) is 4.67. The van der Waals surface area contributed by atoms with Gasteiger partial charge >= 0.3 is 0 Å². The van der Waals surface area contributed by atoms with Crippen molar-refractivity contribution >= 4 is 18.3 Å². The van der Waals surface area contributed by atoms with Gasteiger partial charge in [-0.15, -0.1) is 12.4 Å². The van der Waals surface area contributed by atoms with Crippen LogP contribution in [0, 0.1) is 11.3 Å². The van der Waals surface area contributed by atoms with Crippen molar-refractivity contribution in [2.45, 2.75) is 58.3 Å². The molecule has 1 unspecified atom stereocenters. The highest BCUT2D eigenvalue weighted by molar-refractivity contribution is 5.85. The predicted molar refractivity (Wildman–Crippen MR) is 81.4 cm³/mol. The molecule has 0 radical (unpaired) electrons. The zero-order chi connectivity index (χ0) is 13.0. The van der Waals surface area contributed by atoms with Crippen LogP contribution in [0.2, 0.25) is 0 Å². The van der Waals surface area contributed by atoms with Gasteiger partial charge in [0, 0.05) is 19.5 Å². The lowest BCUT2D eigenvalue weighted by Gasteiger charge is -2.22. The van der Waals surface area contributed by atoms with Gasteiger partial charge in [0.1, 0.15) is 0 Å². The molecule has 1 aliphatic carbocycles. The summed E-state index contributed by atoms with van der Waals surface area (Å²) in [6.07, 6.45) is 9.74. The van der Waals surface area contributed by atoms with E-state index in [0.717, 1.165) is 38.3 Å². The molecule has 0 spiro atoms. The Morgan fingerprint density at radius 1 is 1.37 bits per heavy atom. The van der Waals surface area contributed by atoms with Gasteiger partial charge in [0.05, 0.1) is 0 Å². The van der Waals surface area contributed by atoms with Crippen LogP contribution >= 0.6 is 12.4 Å². The van der Waals surface area contributed by atoms with Crippen molar-refractivity contribution in [1.82, 2.24) is 4.90 Å². The zero-order valence-electron chi connectivity index (χ0n) is 12.2. The van der Waals surface area contributed by atoms with Crippen molar-refractivity contribution in [3.8, 4) is 0 Å². The van der Waals surface area contributed by atoms with Crippen molar-refractivity contribution < 1.29 is 4.79 Å². The average Bonchev–Trinajstić information content (AvgIpc) is 2.99. The fourth-order valence-electron chi connectivity index (χ4n) is 3.40. The maximum Gasteiger partial charge on any atom is 0.222 e. The minimum atomic E-state index is 0. The highest BCUT2D eigenvalue weighted by Gasteiger charge is 2.34. The van der Waals surface area contributed by atoms with Crippen LogP contribution in [0.3, 0.4) is 0 Å². The lowest BCUT2D eigenvalue weighted by molar-refractivity contribution is -0.130. The Morgan fingerprint density at radius 2 is 2.05 bits per heavy atom. The van der Waals surface area contributed by atoms with E-state index >= 15 is 0 Å². The number of nitrogens with zero attached hydrogens (tertiary/aromatic N) is 1. The highest BCUT2D eigenvalue weighted by atomic mass is 35.5. The number of carbonyl (C=O) groups is 1. The molecule has 0 aromatic rings. The van der Waals surface area contributed by atoms with Gasteiger partial charge in [-0.1, -0.05) is 32.6 Å². The van der Waals surface area contributed by atoms with Crippen molar-refractivity contribution in [1.29, 1.82) is 0 Å². The van der Waals surface area contributed by atoms with E-state index in [4.69, 9.17) is 5.73 Å². The molecule has 0 bridgehead atoms. The molecule has 112 valence electrons. The smallest absolute Gasteiger partial charge is 0.222 e. The Morgan fingerprint density at radius 3 is 2.63 bits per heavy atom. The van der Waals surface area contributed by atoms with E-state index in [2.05, 4.69) is 6.92 Å². The zero-order valence-corrected chi connectivity index (χ0v) is 13.0. The molecule has 0 aromatic heterocycles. The summed E-state index contributed by atoms with van der Waals surface area (Å²) < 4.78 is 0. The largest absolute Gasteiger partial charge is 0.342 e. The average molecular weight is 289 g/mol. The fraction of sp³-hybridized carbons (Fsp3) is 0.933. The maximum absolute atomic E-state index is 12.1. The monoisotopic (exact) mass is 288 g/mol. The third kappa shape index (κ3) is 4.64. The number of rotatable bonds is 5. The highest BCUT2D eigenvalue weighted by Crippen LogP contribution is 2.31. The summed E-state index contributed by atoms with van der Waals surface area (Å²) in [6, 6.07) is 0. The van der Waals surface area contributed by atoms with Crippen LogP contribution in [-0.4, -0.2) is 30.4 Å². The van der Waals surface area contributed by atoms with E-state index < -0.39 is 0 Å². The van der Waals surface area contributed by atoms with Gasteiger partial charge in [0.2, 0.25) is 5.91 Å². The Bertz CT molecular complexity index is 292.